The van der Waals surface area contributed by atoms with Crippen molar-refractivity contribution in [2.45, 2.75) is 63.8 Å². The number of carboxylic acids is 1. The summed E-state index contributed by atoms with van der Waals surface area (Å²) in [5.41, 5.74) is -2.08. The summed E-state index contributed by atoms with van der Waals surface area (Å²) in [5.74, 6) is -1.33. The zero-order valence-corrected chi connectivity index (χ0v) is 12.7. The van der Waals surface area contributed by atoms with Crippen LogP contribution < -0.4 is 5.32 Å². The summed E-state index contributed by atoms with van der Waals surface area (Å²) in [6.07, 6.45) is 4.94. The topological polar surface area (TPSA) is 107 Å². The van der Waals surface area contributed by atoms with Crippen molar-refractivity contribution in [2.24, 2.45) is 5.41 Å². The number of aliphatic hydroxyl groups is 2. The maximum atomic E-state index is 12.2. The lowest BCUT2D eigenvalue weighted by Crippen LogP contribution is -2.55. The van der Waals surface area contributed by atoms with Crippen LogP contribution in [0.4, 0.5) is 0 Å². The second kappa shape index (κ2) is 7.75. The van der Waals surface area contributed by atoms with Gasteiger partial charge >= 0.3 is 5.97 Å². The Labute approximate surface area is 125 Å². The first kappa shape index (κ1) is 17.9. The lowest BCUT2D eigenvalue weighted by molar-refractivity contribution is -0.153. The molecule has 1 aliphatic carbocycles. The third-order valence-corrected chi connectivity index (χ3v) is 4.70. The van der Waals surface area contributed by atoms with E-state index in [0.717, 1.165) is 25.7 Å². The minimum absolute atomic E-state index is 0.0932. The van der Waals surface area contributed by atoms with Crippen molar-refractivity contribution in [3.8, 4) is 0 Å². The molecule has 0 aliphatic heterocycles. The summed E-state index contributed by atoms with van der Waals surface area (Å²) in [5, 5.41) is 30.9. The molecular formula is C15H27NO5. The molecule has 122 valence electrons. The predicted molar refractivity (Wildman–Crippen MR) is 77.7 cm³/mol. The van der Waals surface area contributed by atoms with Gasteiger partial charge in [0.15, 0.2) is 0 Å². The maximum absolute atomic E-state index is 12.2. The first-order valence-corrected chi connectivity index (χ1v) is 7.70. The van der Waals surface area contributed by atoms with Crippen LogP contribution in [0.2, 0.25) is 0 Å². The second-order valence-electron chi connectivity index (χ2n) is 6.17. The van der Waals surface area contributed by atoms with Crippen LogP contribution in [-0.4, -0.2) is 45.9 Å². The van der Waals surface area contributed by atoms with Gasteiger partial charge in [0.05, 0.1) is 24.2 Å². The minimum Gasteiger partial charge on any atom is -0.481 e. The van der Waals surface area contributed by atoms with E-state index in [4.69, 9.17) is 0 Å². The highest BCUT2D eigenvalue weighted by atomic mass is 16.4. The Hall–Kier alpha value is -1.14. The van der Waals surface area contributed by atoms with E-state index in [-0.39, 0.29) is 19.6 Å². The van der Waals surface area contributed by atoms with Crippen molar-refractivity contribution < 1.29 is 24.9 Å². The molecule has 1 rings (SSSR count). The summed E-state index contributed by atoms with van der Waals surface area (Å²) in [6.45, 7) is 1.02. The monoisotopic (exact) mass is 301 g/mol. The molecule has 0 bridgehead atoms. The number of carbonyl (C=O) groups is 2. The highest BCUT2D eigenvalue weighted by Gasteiger charge is 2.41. The van der Waals surface area contributed by atoms with Crippen molar-refractivity contribution in [3.05, 3.63) is 0 Å². The van der Waals surface area contributed by atoms with Crippen LogP contribution in [0.5, 0.6) is 0 Å². The summed E-state index contributed by atoms with van der Waals surface area (Å²) in [7, 11) is 0. The van der Waals surface area contributed by atoms with Crippen LogP contribution in [0.15, 0.2) is 0 Å². The Balaban J connectivity index is 2.79. The second-order valence-corrected chi connectivity index (χ2v) is 6.17. The zero-order chi connectivity index (χ0) is 15.9. The van der Waals surface area contributed by atoms with Crippen LogP contribution in [0, 0.1) is 5.41 Å². The number of aliphatic carboxylic acids is 1. The molecular weight excluding hydrogens is 274 g/mol. The first-order chi connectivity index (χ1) is 9.93. The number of aliphatic hydroxyl groups excluding tert-OH is 2. The van der Waals surface area contributed by atoms with Crippen LogP contribution in [0.1, 0.15) is 58.3 Å². The maximum Gasteiger partial charge on any atom is 0.310 e. The van der Waals surface area contributed by atoms with E-state index < -0.39 is 22.8 Å². The molecule has 0 aromatic rings. The van der Waals surface area contributed by atoms with Gasteiger partial charge in [0, 0.05) is 6.42 Å². The van der Waals surface area contributed by atoms with Crippen LogP contribution >= 0.6 is 0 Å². The lowest BCUT2D eigenvalue weighted by Gasteiger charge is -2.33. The standard InChI is InChI=1S/C15H27NO5/c1-2-15(10-17,11-18)16-12(19)9-14(13(20)21)7-5-3-4-6-8-14/h17-18H,2-11H2,1H3,(H,16,19)(H,20,21). The highest BCUT2D eigenvalue weighted by molar-refractivity contribution is 5.85. The predicted octanol–water partition coefficient (Wildman–Crippen LogP) is 1.05. The summed E-state index contributed by atoms with van der Waals surface area (Å²) >= 11 is 0. The van der Waals surface area contributed by atoms with Gasteiger partial charge in [-0.15, -0.1) is 0 Å². The molecule has 0 aromatic heterocycles. The van der Waals surface area contributed by atoms with Crippen molar-refractivity contribution >= 4 is 11.9 Å². The zero-order valence-electron chi connectivity index (χ0n) is 12.7. The SMILES string of the molecule is CCC(CO)(CO)NC(=O)CC1(C(=O)O)CCCCCC1. The van der Waals surface area contributed by atoms with Gasteiger partial charge in [-0.25, -0.2) is 0 Å². The van der Waals surface area contributed by atoms with E-state index in [2.05, 4.69) is 5.32 Å². The third kappa shape index (κ3) is 4.41. The summed E-state index contributed by atoms with van der Waals surface area (Å²) in [6, 6.07) is 0. The molecule has 0 aromatic carbocycles. The van der Waals surface area contributed by atoms with E-state index >= 15 is 0 Å². The molecule has 0 radical (unpaired) electrons. The average Bonchev–Trinajstić information content (AvgIpc) is 2.71. The molecule has 0 heterocycles. The van der Waals surface area contributed by atoms with Gasteiger partial charge in [-0.05, 0) is 19.3 Å². The van der Waals surface area contributed by atoms with Crippen LogP contribution in [0.25, 0.3) is 0 Å². The molecule has 4 N–H and O–H groups in total. The number of carbonyl (C=O) groups excluding carboxylic acids is 1. The van der Waals surface area contributed by atoms with Gasteiger partial charge in [0.25, 0.3) is 0 Å². The normalized spacial score (nSPS) is 18.8. The number of carboxylic acid groups (broad SMARTS) is 1. The third-order valence-electron chi connectivity index (χ3n) is 4.70. The summed E-state index contributed by atoms with van der Waals surface area (Å²) in [4.78, 5) is 23.9. The van der Waals surface area contributed by atoms with Gasteiger partial charge in [-0.1, -0.05) is 32.6 Å². The van der Waals surface area contributed by atoms with E-state index in [1.807, 2.05) is 0 Å². The number of hydrogen-bond donors (Lipinski definition) is 4. The largest absolute Gasteiger partial charge is 0.481 e. The Kier molecular flexibility index (Phi) is 6.61. The van der Waals surface area contributed by atoms with Gasteiger partial charge in [-0.2, -0.15) is 0 Å². The Bertz CT molecular complexity index is 349. The fourth-order valence-corrected chi connectivity index (χ4v) is 2.96. The molecule has 0 atom stereocenters. The smallest absolute Gasteiger partial charge is 0.310 e. The summed E-state index contributed by atoms with van der Waals surface area (Å²) < 4.78 is 0. The van der Waals surface area contributed by atoms with Crippen molar-refractivity contribution in [1.82, 2.24) is 5.32 Å². The molecule has 21 heavy (non-hydrogen) atoms. The van der Waals surface area contributed by atoms with E-state index in [9.17, 15) is 24.9 Å². The molecule has 1 aliphatic rings. The lowest BCUT2D eigenvalue weighted by atomic mass is 9.77. The molecule has 0 spiro atoms. The number of rotatable bonds is 7. The van der Waals surface area contributed by atoms with Crippen LogP contribution in [-0.2, 0) is 9.59 Å². The molecule has 6 heteroatoms. The molecule has 0 unspecified atom stereocenters. The first-order valence-electron chi connectivity index (χ1n) is 7.70. The molecule has 0 saturated heterocycles. The molecule has 1 fully saturated rings. The average molecular weight is 301 g/mol. The number of amides is 1. The fraction of sp³-hybridized carbons (Fsp3) is 0.867. The quantitative estimate of drug-likeness (QED) is 0.526. The number of hydrogen-bond acceptors (Lipinski definition) is 4. The van der Waals surface area contributed by atoms with E-state index in [1.54, 1.807) is 6.92 Å². The van der Waals surface area contributed by atoms with Gasteiger partial charge < -0.3 is 20.6 Å². The van der Waals surface area contributed by atoms with Gasteiger partial charge in [0.2, 0.25) is 5.91 Å². The van der Waals surface area contributed by atoms with Crippen molar-refractivity contribution in [1.29, 1.82) is 0 Å². The Morgan fingerprint density at radius 3 is 2.00 bits per heavy atom. The van der Waals surface area contributed by atoms with Gasteiger partial charge in [-0.3, -0.25) is 9.59 Å². The van der Waals surface area contributed by atoms with Crippen LogP contribution in [0.3, 0.4) is 0 Å². The van der Waals surface area contributed by atoms with Crippen molar-refractivity contribution in [3.63, 3.8) is 0 Å². The molecule has 6 nitrogen and oxygen atoms in total. The van der Waals surface area contributed by atoms with E-state index in [1.165, 1.54) is 0 Å². The molecule has 1 saturated carbocycles. The van der Waals surface area contributed by atoms with Gasteiger partial charge in [0.1, 0.15) is 0 Å². The van der Waals surface area contributed by atoms with E-state index in [0.29, 0.717) is 19.3 Å². The number of nitrogens with one attached hydrogen (secondary N) is 1. The minimum atomic E-state index is -1.07. The Morgan fingerprint density at radius 1 is 1.10 bits per heavy atom. The highest BCUT2D eigenvalue weighted by Crippen LogP contribution is 2.38. The fourth-order valence-electron chi connectivity index (χ4n) is 2.96. The Morgan fingerprint density at radius 2 is 1.62 bits per heavy atom. The molecule has 1 amide bonds. The van der Waals surface area contributed by atoms with Crippen molar-refractivity contribution in [2.75, 3.05) is 13.2 Å².